The van der Waals surface area contributed by atoms with Crippen molar-refractivity contribution in [3.05, 3.63) is 35.6 Å². The molecule has 5 heteroatoms. The molecular formula is C11H14FNO3. The molecule has 0 bridgehead atoms. The van der Waals surface area contributed by atoms with Crippen molar-refractivity contribution in [2.24, 2.45) is 0 Å². The lowest BCUT2D eigenvalue weighted by molar-refractivity contribution is -0.126. The van der Waals surface area contributed by atoms with Crippen LogP contribution in [0.3, 0.4) is 0 Å². The summed E-state index contributed by atoms with van der Waals surface area (Å²) in [5.74, 6) is -0.570. The summed E-state index contributed by atoms with van der Waals surface area (Å²) in [4.78, 5) is 11.2. The second-order valence-corrected chi connectivity index (χ2v) is 3.18. The molecule has 1 aromatic rings. The van der Waals surface area contributed by atoms with E-state index in [9.17, 15) is 9.18 Å². The number of nitrogens with one attached hydrogen (secondary N) is 1. The molecule has 0 unspecified atom stereocenters. The van der Waals surface area contributed by atoms with Gasteiger partial charge in [-0.15, -0.1) is 0 Å². The number of carbonyl (C=O) groups excluding carboxylic acids is 1. The van der Waals surface area contributed by atoms with Gasteiger partial charge in [0, 0.05) is 6.54 Å². The molecule has 0 radical (unpaired) electrons. The summed E-state index contributed by atoms with van der Waals surface area (Å²) in [6.07, 6.45) is 0. The normalized spacial score (nSPS) is 10.1. The largest absolute Gasteiger partial charge is 0.394 e. The molecule has 1 amide bonds. The van der Waals surface area contributed by atoms with Crippen molar-refractivity contribution in [3.63, 3.8) is 0 Å². The first kappa shape index (κ1) is 12.6. The fraction of sp³-hybridized carbons (Fsp3) is 0.364. The molecule has 16 heavy (non-hydrogen) atoms. The molecule has 1 aromatic carbocycles. The summed E-state index contributed by atoms with van der Waals surface area (Å²) in [5, 5.41) is 11.0. The average molecular weight is 227 g/mol. The maximum absolute atomic E-state index is 12.6. The molecule has 2 N–H and O–H groups in total. The Morgan fingerprint density at radius 1 is 1.38 bits per heavy atom. The van der Waals surface area contributed by atoms with Gasteiger partial charge in [0.05, 0.1) is 13.2 Å². The first-order valence-electron chi connectivity index (χ1n) is 4.92. The zero-order valence-electron chi connectivity index (χ0n) is 8.78. The van der Waals surface area contributed by atoms with Gasteiger partial charge in [-0.3, -0.25) is 4.79 Å². The van der Waals surface area contributed by atoms with Crippen molar-refractivity contribution < 1.29 is 19.0 Å². The summed E-state index contributed by atoms with van der Waals surface area (Å²) >= 11 is 0. The first-order chi connectivity index (χ1) is 7.72. The van der Waals surface area contributed by atoms with Crippen molar-refractivity contribution in [1.82, 2.24) is 5.32 Å². The molecule has 0 aromatic heterocycles. The van der Waals surface area contributed by atoms with E-state index in [0.717, 1.165) is 5.56 Å². The Morgan fingerprint density at radius 2 is 2.06 bits per heavy atom. The number of benzene rings is 1. The van der Waals surface area contributed by atoms with Crippen LogP contribution in [0.1, 0.15) is 5.56 Å². The van der Waals surface area contributed by atoms with Crippen molar-refractivity contribution >= 4 is 5.91 Å². The predicted molar refractivity (Wildman–Crippen MR) is 56.2 cm³/mol. The molecular weight excluding hydrogens is 213 g/mol. The van der Waals surface area contributed by atoms with Crippen LogP contribution < -0.4 is 5.32 Å². The Hall–Kier alpha value is -1.46. The minimum atomic E-state index is -0.304. The SMILES string of the molecule is O=C(COCCO)NCc1ccc(F)cc1. The Bertz CT molecular complexity index is 327. The van der Waals surface area contributed by atoms with E-state index in [-0.39, 0.29) is 31.5 Å². The number of carbonyl (C=O) groups is 1. The number of rotatable bonds is 6. The van der Waals surface area contributed by atoms with Crippen LogP contribution in [0, 0.1) is 5.82 Å². The molecule has 0 aliphatic rings. The van der Waals surface area contributed by atoms with E-state index in [0.29, 0.717) is 6.54 Å². The third kappa shape index (κ3) is 4.86. The topological polar surface area (TPSA) is 58.6 Å². The van der Waals surface area contributed by atoms with Crippen LogP contribution >= 0.6 is 0 Å². The second-order valence-electron chi connectivity index (χ2n) is 3.18. The highest BCUT2D eigenvalue weighted by atomic mass is 19.1. The summed E-state index contributed by atoms with van der Waals surface area (Å²) in [6.45, 7) is 0.290. The standard InChI is InChI=1S/C11H14FNO3/c12-10-3-1-9(2-4-10)7-13-11(15)8-16-6-5-14/h1-4,14H,5-8H2,(H,13,15). The maximum atomic E-state index is 12.6. The number of aliphatic hydroxyl groups is 1. The van der Waals surface area contributed by atoms with E-state index in [2.05, 4.69) is 5.32 Å². The fourth-order valence-corrected chi connectivity index (χ4v) is 1.08. The number of aliphatic hydroxyl groups excluding tert-OH is 1. The Labute approximate surface area is 93.0 Å². The molecule has 88 valence electrons. The molecule has 0 saturated carbocycles. The number of hydrogen-bond donors (Lipinski definition) is 2. The quantitative estimate of drug-likeness (QED) is 0.694. The lowest BCUT2D eigenvalue weighted by Crippen LogP contribution is -2.27. The van der Waals surface area contributed by atoms with Crippen LogP contribution in [0.4, 0.5) is 4.39 Å². The third-order valence-electron chi connectivity index (χ3n) is 1.87. The van der Waals surface area contributed by atoms with Crippen LogP contribution in [0.15, 0.2) is 24.3 Å². The van der Waals surface area contributed by atoms with Crippen molar-refractivity contribution in [3.8, 4) is 0 Å². The van der Waals surface area contributed by atoms with Gasteiger partial charge in [-0.1, -0.05) is 12.1 Å². The number of hydrogen-bond acceptors (Lipinski definition) is 3. The maximum Gasteiger partial charge on any atom is 0.246 e. The Kier molecular flexibility index (Phi) is 5.45. The number of amides is 1. The summed E-state index contributed by atoms with van der Waals surface area (Å²) in [5.41, 5.74) is 0.817. The minimum absolute atomic E-state index is 0.0816. The van der Waals surface area contributed by atoms with Gasteiger partial charge in [0.1, 0.15) is 12.4 Å². The molecule has 0 aliphatic heterocycles. The molecule has 4 nitrogen and oxygen atoms in total. The van der Waals surface area contributed by atoms with Crippen molar-refractivity contribution in [2.45, 2.75) is 6.54 Å². The van der Waals surface area contributed by atoms with E-state index < -0.39 is 0 Å². The first-order valence-corrected chi connectivity index (χ1v) is 4.92. The zero-order chi connectivity index (χ0) is 11.8. The van der Waals surface area contributed by atoms with E-state index >= 15 is 0 Å². The lowest BCUT2D eigenvalue weighted by Gasteiger charge is -2.05. The smallest absolute Gasteiger partial charge is 0.246 e. The summed E-state index contributed by atoms with van der Waals surface area (Å²) in [7, 11) is 0. The minimum Gasteiger partial charge on any atom is -0.394 e. The van der Waals surface area contributed by atoms with Gasteiger partial charge in [0.2, 0.25) is 5.91 Å². The highest BCUT2D eigenvalue weighted by molar-refractivity contribution is 5.77. The second kappa shape index (κ2) is 6.92. The van der Waals surface area contributed by atoms with Crippen LogP contribution in [0.5, 0.6) is 0 Å². The molecule has 0 spiro atoms. The van der Waals surface area contributed by atoms with Crippen molar-refractivity contribution in [2.75, 3.05) is 19.8 Å². The monoisotopic (exact) mass is 227 g/mol. The molecule has 1 rings (SSSR count). The summed E-state index contributed by atoms with van der Waals surface area (Å²) < 4.78 is 17.4. The summed E-state index contributed by atoms with van der Waals surface area (Å²) in [6, 6.07) is 5.88. The van der Waals surface area contributed by atoms with Gasteiger partial charge in [0.25, 0.3) is 0 Å². The van der Waals surface area contributed by atoms with Crippen LogP contribution in [-0.2, 0) is 16.1 Å². The number of ether oxygens (including phenoxy) is 1. The molecule has 0 atom stereocenters. The number of halogens is 1. The molecule has 0 saturated heterocycles. The van der Waals surface area contributed by atoms with E-state index in [1.165, 1.54) is 12.1 Å². The lowest BCUT2D eigenvalue weighted by atomic mass is 10.2. The highest BCUT2D eigenvalue weighted by Gasteiger charge is 2.01. The molecule has 0 heterocycles. The van der Waals surface area contributed by atoms with E-state index in [1.54, 1.807) is 12.1 Å². The third-order valence-corrected chi connectivity index (χ3v) is 1.87. The van der Waals surface area contributed by atoms with Gasteiger partial charge in [0.15, 0.2) is 0 Å². The van der Waals surface area contributed by atoms with E-state index in [4.69, 9.17) is 9.84 Å². The van der Waals surface area contributed by atoms with Gasteiger partial charge in [-0.05, 0) is 17.7 Å². The van der Waals surface area contributed by atoms with Crippen LogP contribution in [0.2, 0.25) is 0 Å². The molecule has 0 fully saturated rings. The van der Waals surface area contributed by atoms with Gasteiger partial charge < -0.3 is 15.2 Å². The van der Waals surface area contributed by atoms with Crippen LogP contribution in [0.25, 0.3) is 0 Å². The Balaban J connectivity index is 2.23. The van der Waals surface area contributed by atoms with Gasteiger partial charge in [-0.2, -0.15) is 0 Å². The molecule has 0 aliphatic carbocycles. The zero-order valence-corrected chi connectivity index (χ0v) is 8.78. The average Bonchev–Trinajstić information content (AvgIpc) is 2.29. The Morgan fingerprint density at radius 3 is 2.69 bits per heavy atom. The van der Waals surface area contributed by atoms with Gasteiger partial charge >= 0.3 is 0 Å². The van der Waals surface area contributed by atoms with Crippen molar-refractivity contribution in [1.29, 1.82) is 0 Å². The van der Waals surface area contributed by atoms with Gasteiger partial charge in [-0.25, -0.2) is 4.39 Å². The highest BCUT2D eigenvalue weighted by Crippen LogP contribution is 2.01. The predicted octanol–water partition coefficient (Wildman–Crippen LogP) is 0.451. The van der Waals surface area contributed by atoms with Crippen LogP contribution in [-0.4, -0.2) is 30.8 Å². The van der Waals surface area contributed by atoms with E-state index in [1.807, 2.05) is 0 Å². The fourth-order valence-electron chi connectivity index (χ4n) is 1.08.